The van der Waals surface area contributed by atoms with Crippen LogP contribution in [0.15, 0.2) is 22.7 Å². The molecule has 2 nitrogen and oxygen atoms in total. The van der Waals surface area contributed by atoms with E-state index in [1.165, 1.54) is 0 Å². The van der Waals surface area contributed by atoms with E-state index in [4.69, 9.17) is 11.2 Å². The average molecular weight is 342 g/mol. The molecule has 0 saturated carbocycles. The summed E-state index contributed by atoms with van der Waals surface area (Å²) in [6.07, 6.45) is 5.23. The second-order valence-corrected chi connectivity index (χ2v) is 6.42. The third-order valence-corrected chi connectivity index (χ3v) is 4.18. The molecule has 1 aromatic rings. The van der Waals surface area contributed by atoms with Crippen LogP contribution in [-0.4, -0.2) is 24.2 Å². The Morgan fingerprint density at radius 1 is 1.53 bits per heavy atom. The number of nitrogens with one attached hydrogen (secondary N) is 1. The fourth-order valence-corrected chi connectivity index (χ4v) is 2.70. The number of ether oxygens (including phenoxy) is 1. The zero-order valence-electron chi connectivity index (χ0n) is 11.4. The van der Waals surface area contributed by atoms with Gasteiger partial charge in [-0.15, -0.1) is 6.42 Å². The van der Waals surface area contributed by atoms with E-state index in [1.807, 2.05) is 23.9 Å². The highest BCUT2D eigenvalue weighted by Crippen LogP contribution is 2.23. The number of benzene rings is 1. The van der Waals surface area contributed by atoms with E-state index >= 15 is 0 Å². The maximum absolute atomic E-state index is 5.55. The van der Waals surface area contributed by atoms with Gasteiger partial charge in [-0.05, 0) is 30.9 Å². The van der Waals surface area contributed by atoms with E-state index < -0.39 is 0 Å². The van der Waals surface area contributed by atoms with Crippen molar-refractivity contribution < 1.29 is 4.74 Å². The zero-order chi connectivity index (χ0) is 14.1. The molecule has 0 heterocycles. The number of terminal acetylenes is 1. The van der Waals surface area contributed by atoms with Gasteiger partial charge in [-0.2, -0.15) is 11.8 Å². The van der Waals surface area contributed by atoms with Crippen molar-refractivity contribution in [2.45, 2.75) is 26.4 Å². The fourth-order valence-electron chi connectivity index (χ4n) is 1.58. The van der Waals surface area contributed by atoms with Crippen molar-refractivity contribution in [3.8, 4) is 18.1 Å². The maximum Gasteiger partial charge on any atom is 0.148 e. The van der Waals surface area contributed by atoms with Crippen LogP contribution in [0.2, 0.25) is 0 Å². The summed E-state index contributed by atoms with van der Waals surface area (Å²) in [5.41, 5.74) is 1.12. The van der Waals surface area contributed by atoms with E-state index in [9.17, 15) is 0 Å². The Labute approximate surface area is 128 Å². The summed E-state index contributed by atoms with van der Waals surface area (Å²) >= 11 is 5.43. The van der Waals surface area contributed by atoms with Crippen molar-refractivity contribution in [3.05, 3.63) is 28.2 Å². The minimum absolute atomic E-state index is 0.301. The summed E-state index contributed by atoms with van der Waals surface area (Å²) < 4.78 is 6.60. The molecule has 0 saturated heterocycles. The molecule has 4 heteroatoms. The van der Waals surface area contributed by atoms with Crippen molar-refractivity contribution in [1.82, 2.24) is 5.32 Å². The Morgan fingerprint density at radius 2 is 2.32 bits per heavy atom. The largest absolute Gasteiger partial charge is 0.481 e. The average Bonchev–Trinajstić information content (AvgIpc) is 2.41. The second-order valence-electron chi connectivity index (χ2n) is 4.19. The Hall–Kier alpha value is -0.630. The quantitative estimate of drug-likeness (QED) is 0.728. The van der Waals surface area contributed by atoms with E-state index in [1.54, 1.807) is 0 Å². The van der Waals surface area contributed by atoms with Gasteiger partial charge in [0.05, 0.1) is 0 Å². The fraction of sp³-hybridized carbons (Fsp3) is 0.467. The standard InChI is InChI=1S/C15H20BrNOS/c1-4-8-18-15-7-6-14(16)9-13(15)10-17-12(3)11-19-5-2/h1,6-7,9,12,17H,5,8,10-11H2,2-3H3. The summed E-state index contributed by atoms with van der Waals surface area (Å²) in [4.78, 5) is 0. The minimum Gasteiger partial charge on any atom is -0.481 e. The number of thioether (sulfide) groups is 1. The van der Waals surface area contributed by atoms with Crippen LogP contribution in [0.1, 0.15) is 19.4 Å². The highest BCUT2D eigenvalue weighted by molar-refractivity contribution is 9.10. The molecule has 1 rings (SSSR count). The van der Waals surface area contributed by atoms with Gasteiger partial charge in [0.25, 0.3) is 0 Å². The van der Waals surface area contributed by atoms with Gasteiger partial charge in [0.1, 0.15) is 12.4 Å². The lowest BCUT2D eigenvalue weighted by atomic mass is 10.2. The topological polar surface area (TPSA) is 21.3 Å². The van der Waals surface area contributed by atoms with Crippen molar-refractivity contribution in [2.24, 2.45) is 0 Å². The van der Waals surface area contributed by atoms with Crippen molar-refractivity contribution in [3.63, 3.8) is 0 Å². The molecule has 1 aromatic carbocycles. The van der Waals surface area contributed by atoms with Crippen LogP contribution >= 0.6 is 27.7 Å². The molecule has 0 amide bonds. The van der Waals surface area contributed by atoms with Crippen LogP contribution in [0.4, 0.5) is 0 Å². The summed E-state index contributed by atoms with van der Waals surface area (Å²) in [5.74, 6) is 5.61. The lowest BCUT2D eigenvalue weighted by Gasteiger charge is -2.15. The third-order valence-electron chi connectivity index (χ3n) is 2.55. The monoisotopic (exact) mass is 341 g/mol. The number of hydrogen-bond donors (Lipinski definition) is 1. The van der Waals surface area contributed by atoms with Crippen LogP contribution in [0.25, 0.3) is 0 Å². The molecule has 19 heavy (non-hydrogen) atoms. The first-order chi connectivity index (χ1) is 9.17. The number of halogens is 1. The summed E-state index contributed by atoms with van der Waals surface area (Å²) in [7, 11) is 0. The van der Waals surface area contributed by atoms with E-state index in [2.05, 4.69) is 47.1 Å². The van der Waals surface area contributed by atoms with Crippen molar-refractivity contribution >= 4 is 27.7 Å². The molecule has 0 radical (unpaired) electrons. The zero-order valence-corrected chi connectivity index (χ0v) is 13.8. The van der Waals surface area contributed by atoms with Crippen LogP contribution in [0, 0.1) is 12.3 Å². The Kier molecular flexibility index (Phi) is 8.04. The first kappa shape index (κ1) is 16.4. The van der Waals surface area contributed by atoms with E-state index in [0.29, 0.717) is 12.6 Å². The predicted molar refractivity (Wildman–Crippen MR) is 87.8 cm³/mol. The van der Waals surface area contributed by atoms with Crippen LogP contribution in [0.3, 0.4) is 0 Å². The highest BCUT2D eigenvalue weighted by atomic mass is 79.9. The number of rotatable bonds is 8. The molecule has 1 N–H and O–H groups in total. The smallest absolute Gasteiger partial charge is 0.148 e. The molecule has 0 spiro atoms. The van der Waals surface area contributed by atoms with E-state index in [0.717, 1.165) is 33.8 Å². The van der Waals surface area contributed by atoms with Gasteiger partial charge in [0.2, 0.25) is 0 Å². The first-order valence-electron chi connectivity index (χ1n) is 6.33. The van der Waals surface area contributed by atoms with Crippen LogP contribution in [0.5, 0.6) is 5.75 Å². The second kappa shape index (κ2) is 9.30. The first-order valence-corrected chi connectivity index (χ1v) is 8.28. The summed E-state index contributed by atoms with van der Waals surface area (Å²) in [5, 5.41) is 3.50. The lowest BCUT2D eigenvalue weighted by Crippen LogP contribution is -2.28. The highest BCUT2D eigenvalue weighted by Gasteiger charge is 2.07. The Morgan fingerprint density at radius 3 is 3.00 bits per heavy atom. The van der Waals surface area contributed by atoms with Gasteiger partial charge in [-0.1, -0.05) is 28.8 Å². The van der Waals surface area contributed by atoms with Gasteiger partial charge in [-0.3, -0.25) is 0 Å². The van der Waals surface area contributed by atoms with Crippen LogP contribution in [-0.2, 0) is 6.54 Å². The molecule has 0 fully saturated rings. The lowest BCUT2D eigenvalue weighted by molar-refractivity contribution is 0.364. The molecule has 104 valence electrons. The molecular weight excluding hydrogens is 322 g/mol. The summed E-state index contributed by atoms with van der Waals surface area (Å²) in [6, 6.07) is 6.46. The normalized spacial score (nSPS) is 11.9. The molecule has 0 aliphatic carbocycles. The Bertz CT molecular complexity index is 431. The number of hydrogen-bond acceptors (Lipinski definition) is 3. The van der Waals surface area contributed by atoms with Gasteiger partial charge in [-0.25, -0.2) is 0 Å². The van der Waals surface area contributed by atoms with E-state index in [-0.39, 0.29) is 0 Å². The molecule has 0 aromatic heterocycles. The van der Waals surface area contributed by atoms with Gasteiger partial charge < -0.3 is 10.1 Å². The van der Waals surface area contributed by atoms with Crippen molar-refractivity contribution in [2.75, 3.05) is 18.1 Å². The van der Waals surface area contributed by atoms with Gasteiger partial charge in [0, 0.05) is 28.4 Å². The molecule has 1 unspecified atom stereocenters. The summed E-state index contributed by atoms with van der Waals surface area (Å²) in [6.45, 7) is 5.46. The Balaban J connectivity index is 2.60. The molecule has 0 bridgehead atoms. The van der Waals surface area contributed by atoms with Gasteiger partial charge in [0.15, 0.2) is 0 Å². The SMILES string of the molecule is C#CCOc1ccc(Br)cc1CNC(C)CSCC. The van der Waals surface area contributed by atoms with Crippen LogP contribution < -0.4 is 10.1 Å². The molecular formula is C15H20BrNOS. The minimum atomic E-state index is 0.301. The molecule has 0 aliphatic rings. The third kappa shape index (κ3) is 6.38. The molecule has 0 aliphatic heterocycles. The predicted octanol–water partition coefficient (Wildman–Crippen LogP) is 3.69. The molecule has 1 atom stereocenters. The van der Waals surface area contributed by atoms with Crippen molar-refractivity contribution in [1.29, 1.82) is 0 Å². The maximum atomic E-state index is 5.55. The van der Waals surface area contributed by atoms with Gasteiger partial charge >= 0.3 is 0 Å².